The van der Waals surface area contributed by atoms with Gasteiger partial charge in [0, 0.05) is 29.9 Å². The van der Waals surface area contributed by atoms with Crippen molar-refractivity contribution in [2.24, 2.45) is 0 Å². The molecule has 8 heteroatoms. The molecule has 1 heterocycles. The predicted octanol–water partition coefficient (Wildman–Crippen LogP) is 3.82. The number of rotatable bonds is 10. The van der Waals surface area contributed by atoms with Crippen LogP contribution in [0.15, 0.2) is 91.1 Å². The quantitative estimate of drug-likeness (QED) is 0.272. The topological polar surface area (TPSA) is 121 Å². The van der Waals surface area contributed by atoms with Crippen molar-refractivity contribution in [3.05, 3.63) is 108 Å². The lowest BCUT2D eigenvalue weighted by Crippen LogP contribution is -2.53. The smallest absolute Gasteiger partial charge is 0.408 e. The van der Waals surface area contributed by atoms with Gasteiger partial charge >= 0.3 is 12.1 Å². The lowest BCUT2D eigenvalue weighted by molar-refractivity contribution is -0.142. The fourth-order valence-corrected chi connectivity index (χ4v) is 3.96. The zero-order valence-electron chi connectivity index (χ0n) is 19.5. The second-order valence-electron chi connectivity index (χ2n) is 8.41. The van der Waals surface area contributed by atoms with E-state index in [1.54, 1.807) is 30.5 Å². The summed E-state index contributed by atoms with van der Waals surface area (Å²) < 4.78 is 5.31. The van der Waals surface area contributed by atoms with Crippen molar-refractivity contribution in [2.75, 3.05) is 0 Å². The molecule has 4 N–H and O–H groups in total. The number of amides is 2. The Balaban J connectivity index is 1.50. The van der Waals surface area contributed by atoms with E-state index in [4.69, 9.17) is 4.74 Å². The van der Waals surface area contributed by atoms with Gasteiger partial charge in [-0.25, -0.2) is 9.59 Å². The summed E-state index contributed by atoms with van der Waals surface area (Å²) in [5, 5.41) is 15.8. The lowest BCUT2D eigenvalue weighted by atomic mass is 10.0. The normalized spacial score (nSPS) is 12.4. The zero-order valence-corrected chi connectivity index (χ0v) is 19.5. The highest BCUT2D eigenvalue weighted by atomic mass is 16.5. The number of benzene rings is 3. The van der Waals surface area contributed by atoms with Crippen LogP contribution in [0.3, 0.4) is 0 Å². The Labute approximate surface area is 208 Å². The maximum Gasteiger partial charge on any atom is 0.408 e. The number of aromatic nitrogens is 1. The number of carboxylic acids is 1. The minimum absolute atomic E-state index is 0.0415. The lowest BCUT2D eigenvalue weighted by Gasteiger charge is -2.21. The average molecular weight is 486 g/mol. The summed E-state index contributed by atoms with van der Waals surface area (Å²) >= 11 is 0. The molecule has 0 saturated carbocycles. The van der Waals surface area contributed by atoms with Gasteiger partial charge in [-0.05, 0) is 22.8 Å². The van der Waals surface area contributed by atoms with E-state index in [9.17, 15) is 19.5 Å². The molecule has 4 rings (SSSR count). The molecule has 2 atom stereocenters. The summed E-state index contributed by atoms with van der Waals surface area (Å²) in [6, 6.07) is 23.6. The number of H-pyrrole nitrogens is 1. The third-order valence-corrected chi connectivity index (χ3v) is 5.82. The van der Waals surface area contributed by atoms with Gasteiger partial charge in [0.25, 0.3) is 0 Å². The number of hydrogen-bond donors (Lipinski definition) is 4. The van der Waals surface area contributed by atoms with Crippen molar-refractivity contribution in [3.63, 3.8) is 0 Å². The van der Waals surface area contributed by atoms with Crippen LogP contribution in [-0.2, 0) is 33.8 Å². The first kappa shape index (κ1) is 24.5. The van der Waals surface area contributed by atoms with Crippen molar-refractivity contribution in [1.82, 2.24) is 15.6 Å². The first-order valence-electron chi connectivity index (χ1n) is 11.6. The number of carbonyl (C=O) groups excluding carboxylic acids is 2. The van der Waals surface area contributed by atoms with Gasteiger partial charge in [-0.1, -0.05) is 78.9 Å². The molecule has 3 aromatic carbocycles. The molecule has 0 aliphatic rings. The first-order chi connectivity index (χ1) is 17.5. The number of carboxylic acid groups (broad SMARTS) is 1. The molecule has 0 aliphatic heterocycles. The second kappa shape index (κ2) is 11.7. The standard InChI is InChI=1S/C28H27N3O5/c32-26(30-25(27(33)34)15-19-9-3-1-4-10-19)24(16-21-17-29-23-14-8-7-13-22(21)23)31-28(35)36-18-20-11-5-2-6-12-20/h1-14,17,24-25,29H,15-16,18H2,(H,30,32)(H,31,35)(H,33,34)/t24-,25-/m1/s1. The maximum atomic E-state index is 13.3. The molecule has 0 bridgehead atoms. The van der Waals surface area contributed by atoms with Gasteiger partial charge < -0.3 is 25.5 Å². The fraction of sp³-hybridized carbons (Fsp3) is 0.179. The van der Waals surface area contributed by atoms with Crippen LogP contribution in [0.25, 0.3) is 10.9 Å². The highest BCUT2D eigenvalue weighted by Crippen LogP contribution is 2.19. The Morgan fingerprint density at radius 3 is 2.11 bits per heavy atom. The number of hydrogen-bond acceptors (Lipinski definition) is 4. The van der Waals surface area contributed by atoms with Crippen LogP contribution in [0.1, 0.15) is 16.7 Å². The van der Waals surface area contributed by atoms with Crippen molar-refractivity contribution in [1.29, 1.82) is 0 Å². The van der Waals surface area contributed by atoms with Crippen LogP contribution in [0.2, 0.25) is 0 Å². The maximum absolute atomic E-state index is 13.3. The predicted molar refractivity (Wildman–Crippen MR) is 135 cm³/mol. The van der Waals surface area contributed by atoms with Gasteiger partial charge in [-0.3, -0.25) is 4.79 Å². The molecule has 4 aromatic rings. The Kier molecular flexibility index (Phi) is 7.97. The van der Waals surface area contributed by atoms with E-state index in [1.807, 2.05) is 60.7 Å². The SMILES string of the molecule is O=C(N[C@H](Cc1c[nH]c2ccccc12)C(=O)N[C@H](Cc1ccccc1)C(=O)O)OCc1ccccc1. The van der Waals surface area contributed by atoms with Gasteiger partial charge in [0.2, 0.25) is 5.91 Å². The Morgan fingerprint density at radius 1 is 0.778 bits per heavy atom. The Morgan fingerprint density at radius 2 is 1.42 bits per heavy atom. The number of nitrogens with one attached hydrogen (secondary N) is 3. The van der Waals surface area contributed by atoms with E-state index in [0.29, 0.717) is 0 Å². The Hall–Kier alpha value is -4.59. The molecule has 0 saturated heterocycles. The monoisotopic (exact) mass is 485 g/mol. The number of carbonyl (C=O) groups is 3. The highest BCUT2D eigenvalue weighted by Gasteiger charge is 2.28. The molecule has 2 amide bonds. The number of ether oxygens (including phenoxy) is 1. The molecule has 184 valence electrons. The molecule has 1 aromatic heterocycles. The second-order valence-corrected chi connectivity index (χ2v) is 8.41. The van der Waals surface area contributed by atoms with Crippen molar-refractivity contribution in [3.8, 4) is 0 Å². The highest BCUT2D eigenvalue weighted by molar-refractivity contribution is 5.91. The van der Waals surface area contributed by atoms with Crippen molar-refractivity contribution in [2.45, 2.75) is 31.5 Å². The summed E-state index contributed by atoms with van der Waals surface area (Å²) in [7, 11) is 0. The summed E-state index contributed by atoms with van der Waals surface area (Å²) in [5.74, 6) is -1.77. The number of fused-ring (bicyclic) bond motifs is 1. The fourth-order valence-electron chi connectivity index (χ4n) is 3.96. The van der Waals surface area contributed by atoms with E-state index < -0.39 is 30.1 Å². The number of aliphatic carboxylic acids is 1. The largest absolute Gasteiger partial charge is 0.480 e. The first-order valence-corrected chi connectivity index (χ1v) is 11.6. The van der Waals surface area contributed by atoms with Gasteiger partial charge in [0.15, 0.2) is 0 Å². The van der Waals surface area contributed by atoms with Gasteiger partial charge in [0.05, 0.1) is 0 Å². The van der Waals surface area contributed by atoms with E-state index in [-0.39, 0.29) is 19.4 Å². The zero-order chi connectivity index (χ0) is 25.3. The van der Waals surface area contributed by atoms with Gasteiger partial charge in [-0.2, -0.15) is 0 Å². The average Bonchev–Trinajstić information content (AvgIpc) is 3.30. The number of aromatic amines is 1. The molecule has 0 aliphatic carbocycles. The number of para-hydroxylation sites is 1. The minimum Gasteiger partial charge on any atom is -0.480 e. The number of alkyl carbamates (subject to hydrolysis) is 1. The van der Waals surface area contributed by atoms with Crippen LogP contribution >= 0.6 is 0 Å². The van der Waals surface area contributed by atoms with E-state index in [2.05, 4.69) is 15.6 Å². The van der Waals surface area contributed by atoms with Gasteiger partial charge in [-0.15, -0.1) is 0 Å². The van der Waals surface area contributed by atoms with E-state index >= 15 is 0 Å². The molecule has 0 fully saturated rings. The summed E-state index contributed by atoms with van der Waals surface area (Å²) in [4.78, 5) is 40.9. The minimum atomic E-state index is -1.16. The third-order valence-electron chi connectivity index (χ3n) is 5.82. The molecule has 36 heavy (non-hydrogen) atoms. The van der Waals surface area contributed by atoms with Crippen LogP contribution < -0.4 is 10.6 Å². The van der Waals surface area contributed by atoms with E-state index in [1.165, 1.54) is 0 Å². The molecular weight excluding hydrogens is 458 g/mol. The van der Waals surface area contributed by atoms with E-state index in [0.717, 1.165) is 27.6 Å². The van der Waals surface area contributed by atoms with Crippen molar-refractivity contribution >= 4 is 28.9 Å². The summed E-state index contributed by atoms with van der Waals surface area (Å²) in [6.45, 7) is 0.0415. The van der Waals surface area contributed by atoms with Crippen LogP contribution in [0.5, 0.6) is 0 Å². The Bertz CT molecular complexity index is 1320. The van der Waals surface area contributed by atoms with Crippen LogP contribution in [-0.4, -0.2) is 40.1 Å². The third kappa shape index (κ3) is 6.50. The summed E-state index contributed by atoms with van der Waals surface area (Å²) in [6.07, 6.45) is 1.27. The molecule has 0 unspecified atom stereocenters. The van der Waals surface area contributed by atoms with Crippen molar-refractivity contribution < 1.29 is 24.2 Å². The molecule has 8 nitrogen and oxygen atoms in total. The van der Waals surface area contributed by atoms with Crippen LogP contribution in [0, 0.1) is 0 Å². The molecule has 0 spiro atoms. The van der Waals surface area contributed by atoms with Gasteiger partial charge in [0.1, 0.15) is 18.7 Å². The summed E-state index contributed by atoms with van der Waals surface area (Å²) in [5.41, 5.74) is 3.28. The molecule has 0 radical (unpaired) electrons. The molecular formula is C28H27N3O5. The van der Waals surface area contributed by atoms with Crippen LogP contribution in [0.4, 0.5) is 4.79 Å².